The zero-order valence-electron chi connectivity index (χ0n) is 10.2. The lowest BCUT2D eigenvalue weighted by molar-refractivity contribution is -0.136. The van der Waals surface area contributed by atoms with Crippen LogP contribution in [0.2, 0.25) is 0 Å². The Morgan fingerprint density at radius 3 is 2.25 bits per heavy atom. The third kappa shape index (κ3) is 8.97. The number of halogens is 3. The molecule has 0 aliphatic carbocycles. The smallest absolute Gasteiger partial charge is 0.382 e. The van der Waals surface area contributed by atoms with Crippen molar-refractivity contribution in [2.75, 3.05) is 13.7 Å². The fraction of sp³-hybridized carbons (Fsp3) is 1.00. The van der Waals surface area contributed by atoms with Gasteiger partial charge in [0.25, 0.3) is 0 Å². The Labute approximate surface area is 95.5 Å². The molecule has 2 atom stereocenters. The van der Waals surface area contributed by atoms with Crippen LogP contribution in [0, 0.1) is 0 Å². The van der Waals surface area contributed by atoms with Crippen LogP contribution in [0.1, 0.15) is 39.5 Å². The summed E-state index contributed by atoms with van der Waals surface area (Å²) in [6.07, 6.45) is -3.02. The van der Waals surface area contributed by atoms with Crippen molar-refractivity contribution in [2.45, 2.75) is 57.9 Å². The van der Waals surface area contributed by atoms with Gasteiger partial charge in [0.15, 0.2) is 0 Å². The lowest BCUT2D eigenvalue weighted by Crippen LogP contribution is -2.31. The maximum Gasteiger partial charge on any atom is 0.389 e. The van der Waals surface area contributed by atoms with Crippen LogP contribution >= 0.6 is 0 Å². The van der Waals surface area contributed by atoms with E-state index in [0.717, 1.165) is 12.8 Å². The SMILES string of the molecule is CCNC(CCC(C)OC)CCC(F)(F)F. The molecular weight excluding hydrogens is 219 g/mol. The Kier molecular flexibility index (Phi) is 7.76. The molecule has 0 saturated heterocycles. The molecule has 0 rings (SSSR count). The summed E-state index contributed by atoms with van der Waals surface area (Å²) in [7, 11) is 1.61. The zero-order chi connectivity index (χ0) is 12.6. The van der Waals surface area contributed by atoms with Crippen molar-refractivity contribution in [1.29, 1.82) is 0 Å². The average Bonchev–Trinajstić information content (AvgIpc) is 2.20. The van der Waals surface area contributed by atoms with Crippen molar-refractivity contribution in [3.05, 3.63) is 0 Å². The molecule has 2 nitrogen and oxygen atoms in total. The first-order chi connectivity index (χ1) is 7.39. The molecular formula is C11H22F3NO. The predicted octanol–water partition coefficient (Wildman–Crippen LogP) is 3.12. The molecule has 0 saturated carbocycles. The number of nitrogens with one attached hydrogen (secondary N) is 1. The lowest BCUT2D eigenvalue weighted by atomic mass is 10.0. The van der Waals surface area contributed by atoms with E-state index in [2.05, 4.69) is 5.32 Å². The Morgan fingerprint density at radius 2 is 1.81 bits per heavy atom. The zero-order valence-corrected chi connectivity index (χ0v) is 10.2. The molecule has 5 heteroatoms. The molecule has 0 bridgehead atoms. The van der Waals surface area contributed by atoms with Gasteiger partial charge < -0.3 is 10.1 Å². The van der Waals surface area contributed by atoms with Gasteiger partial charge in [-0.2, -0.15) is 13.2 Å². The van der Waals surface area contributed by atoms with Crippen molar-refractivity contribution >= 4 is 0 Å². The first kappa shape index (κ1) is 15.7. The molecule has 0 fully saturated rings. The van der Waals surface area contributed by atoms with Gasteiger partial charge in [0.2, 0.25) is 0 Å². The Hall–Kier alpha value is -0.290. The van der Waals surface area contributed by atoms with Crippen molar-refractivity contribution in [1.82, 2.24) is 5.32 Å². The highest BCUT2D eigenvalue weighted by Crippen LogP contribution is 2.23. The van der Waals surface area contributed by atoms with Crippen LogP contribution < -0.4 is 5.32 Å². The molecule has 16 heavy (non-hydrogen) atoms. The van der Waals surface area contributed by atoms with Gasteiger partial charge in [-0.05, 0) is 32.7 Å². The van der Waals surface area contributed by atoms with Crippen molar-refractivity contribution in [2.24, 2.45) is 0 Å². The second-order valence-corrected chi connectivity index (χ2v) is 4.03. The summed E-state index contributed by atoms with van der Waals surface area (Å²) in [4.78, 5) is 0. The quantitative estimate of drug-likeness (QED) is 0.705. The molecule has 0 aliphatic rings. The van der Waals surface area contributed by atoms with E-state index in [-0.39, 0.29) is 18.6 Å². The van der Waals surface area contributed by atoms with Crippen LogP contribution in [0.25, 0.3) is 0 Å². The minimum atomic E-state index is -4.06. The van der Waals surface area contributed by atoms with Crippen LogP contribution in [0.15, 0.2) is 0 Å². The summed E-state index contributed by atoms with van der Waals surface area (Å²) in [5.41, 5.74) is 0. The largest absolute Gasteiger partial charge is 0.389 e. The Morgan fingerprint density at radius 1 is 1.19 bits per heavy atom. The van der Waals surface area contributed by atoms with Crippen LogP contribution in [0.3, 0.4) is 0 Å². The number of methoxy groups -OCH3 is 1. The molecule has 0 aromatic carbocycles. The molecule has 0 aromatic heterocycles. The topological polar surface area (TPSA) is 21.3 Å². The van der Waals surface area contributed by atoms with Gasteiger partial charge in [-0.3, -0.25) is 0 Å². The Bertz CT molecular complexity index is 173. The second kappa shape index (κ2) is 7.90. The molecule has 1 N–H and O–H groups in total. The van der Waals surface area contributed by atoms with E-state index in [1.165, 1.54) is 0 Å². The summed E-state index contributed by atoms with van der Waals surface area (Å²) in [6.45, 7) is 4.52. The highest BCUT2D eigenvalue weighted by molar-refractivity contribution is 4.69. The molecule has 0 aromatic rings. The van der Waals surface area contributed by atoms with Crippen LogP contribution in [0.5, 0.6) is 0 Å². The summed E-state index contributed by atoms with van der Waals surface area (Å²) in [5.74, 6) is 0. The van der Waals surface area contributed by atoms with Crippen LogP contribution in [0.4, 0.5) is 13.2 Å². The lowest BCUT2D eigenvalue weighted by Gasteiger charge is -2.20. The standard InChI is InChI=1S/C11H22F3NO/c1-4-15-10(6-5-9(2)16-3)7-8-11(12,13)14/h9-10,15H,4-8H2,1-3H3. The number of rotatable bonds is 8. The highest BCUT2D eigenvalue weighted by atomic mass is 19.4. The first-order valence-corrected chi connectivity index (χ1v) is 5.72. The van der Waals surface area contributed by atoms with E-state index in [9.17, 15) is 13.2 Å². The normalized spacial score (nSPS) is 16.1. The minimum absolute atomic E-state index is 0.0655. The molecule has 0 amide bonds. The third-order valence-electron chi connectivity index (χ3n) is 2.59. The van der Waals surface area contributed by atoms with Crippen molar-refractivity contribution in [3.8, 4) is 0 Å². The average molecular weight is 241 g/mol. The van der Waals surface area contributed by atoms with E-state index >= 15 is 0 Å². The predicted molar refractivity (Wildman–Crippen MR) is 58.5 cm³/mol. The van der Waals surface area contributed by atoms with E-state index in [1.54, 1.807) is 7.11 Å². The van der Waals surface area contributed by atoms with E-state index < -0.39 is 12.6 Å². The van der Waals surface area contributed by atoms with Crippen LogP contribution in [-0.2, 0) is 4.74 Å². The van der Waals surface area contributed by atoms with Gasteiger partial charge in [-0.15, -0.1) is 0 Å². The highest BCUT2D eigenvalue weighted by Gasteiger charge is 2.28. The third-order valence-corrected chi connectivity index (χ3v) is 2.59. The number of alkyl halides is 3. The summed E-state index contributed by atoms with van der Waals surface area (Å²) in [5, 5.41) is 3.08. The summed E-state index contributed by atoms with van der Waals surface area (Å²) in [6, 6.07) is -0.0655. The summed E-state index contributed by atoms with van der Waals surface area (Å²) >= 11 is 0. The molecule has 0 spiro atoms. The maximum absolute atomic E-state index is 12.1. The van der Waals surface area contributed by atoms with Gasteiger partial charge >= 0.3 is 6.18 Å². The van der Waals surface area contributed by atoms with Crippen molar-refractivity contribution < 1.29 is 17.9 Å². The van der Waals surface area contributed by atoms with Gasteiger partial charge in [-0.1, -0.05) is 6.92 Å². The van der Waals surface area contributed by atoms with E-state index in [0.29, 0.717) is 6.54 Å². The van der Waals surface area contributed by atoms with Crippen LogP contribution in [-0.4, -0.2) is 32.0 Å². The molecule has 0 radical (unpaired) electrons. The van der Waals surface area contributed by atoms with Gasteiger partial charge in [0.05, 0.1) is 6.10 Å². The monoisotopic (exact) mass is 241 g/mol. The van der Waals surface area contributed by atoms with E-state index in [4.69, 9.17) is 4.74 Å². The Balaban J connectivity index is 3.88. The first-order valence-electron chi connectivity index (χ1n) is 5.72. The fourth-order valence-electron chi connectivity index (χ4n) is 1.53. The molecule has 0 aliphatic heterocycles. The number of hydrogen-bond donors (Lipinski definition) is 1. The van der Waals surface area contributed by atoms with Crippen molar-refractivity contribution in [3.63, 3.8) is 0 Å². The second-order valence-electron chi connectivity index (χ2n) is 4.03. The van der Waals surface area contributed by atoms with Gasteiger partial charge in [0.1, 0.15) is 0 Å². The minimum Gasteiger partial charge on any atom is -0.382 e. The molecule has 98 valence electrons. The van der Waals surface area contributed by atoms with E-state index in [1.807, 2.05) is 13.8 Å². The molecule has 2 unspecified atom stereocenters. The fourth-order valence-corrected chi connectivity index (χ4v) is 1.53. The van der Waals surface area contributed by atoms with Gasteiger partial charge in [-0.25, -0.2) is 0 Å². The van der Waals surface area contributed by atoms with Gasteiger partial charge in [0, 0.05) is 19.6 Å². The number of ether oxygens (including phenoxy) is 1. The molecule has 0 heterocycles. The maximum atomic E-state index is 12.1. The number of hydrogen-bond acceptors (Lipinski definition) is 2. The summed E-state index contributed by atoms with van der Waals surface area (Å²) < 4.78 is 41.3.